The summed E-state index contributed by atoms with van der Waals surface area (Å²) in [6, 6.07) is 11.8. The Morgan fingerprint density at radius 3 is 2.21 bits per heavy atom. The molecule has 24 heavy (non-hydrogen) atoms. The second-order valence-corrected chi connectivity index (χ2v) is 9.28. The minimum Gasteiger partial charge on any atom is -0.256 e. The Bertz CT molecular complexity index is 814. The summed E-state index contributed by atoms with van der Waals surface area (Å²) in [5, 5.41) is 0. The molecule has 0 atom stereocenters. The summed E-state index contributed by atoms with van der Waals surface area (Å²) in [4.78, 5) is 4.86. The van der Waals surface area contributed by atoms with Gasteiger partial charge in [-0.25, -0.2) is 0 Å². The second-order valence-electron chi connectivity index (χ2n) is 9.28. The van der Waals surface area contributed by atoms with Crippen molar-refractivity contribution < 1.29 is 0 Å². The minimum absolute atomic E-state index is 0.204. The minimum atomic E-state index is 0.204. The molecule has 1 nitrogen and oxygen atoms in total. The molecule has 1 aromatic carbocycles. The predicted octanol–water partition coefficient (Wildman–Crippen LogP) is 5.90. The quantitative estimate of drug-likeness (QED) is 0.589. The number of pyridine rings is 1. The molecule has 124 valence electrons. The molecule has 2 aromatic rings. The van der Waals surface area contributed by atoms with Crippen LogP contribution in [0.3, 0.4) is 0 Å². The molecule has 1 heteroatoms. The molecule has 0 amide bonds. The van der Waals surface area contributed by atoms with Crippen molar-refractivity contribution in [2.24, 2.45) is 0 Å². The largest absolute Gasteiger partial charge is 0.256 e. The lowest BCUT2D eigenvalue weighted by Gasteiger charge is -2.47. The van der Waals surface area contributed by atoms with E-state index in [1.54, 1.807) is 11.1 Å². The highest BCUT2D eigenvalue weighted by Gasteiger charge is 2.62. The number of aromatic nitrogens is 1. The summed E-state index contributed by atoms with van der Waals surface area (Å²) in [5.74, 6) is 0. The van der Waals surface area contributed by atoms with Crippen LogP contribution >= 0.6 is 0 Å². The molecule has 5 rings (SSSR count). The fraction of sp³-hybridized carbons (Fsp3) is 0.522. The van der Waals surface area contributed by atoms with Crippen LogP contribution in [0.5, 0.6) is 0 Å². The van der Waals surface area contributed by atoms with Crippen molar-refractivity contribution in [2.45, 2.75) is 75.5 Å². The molecule has 2 saturated carbocycles. The first kappa shape index (κ1) is 14.7. The zero-order valence-corrected chi connectivity index (χ0v) is 15.2. The summed E-state index contributed by atoms with van der Waals surface area (Å²) >= 11 is 0. The molecule has 0 aliphatic heterocycles. The molecule has 0 spiro atoms. The van der Waals surface area contributed by atoms with E-state index < -0.39 is 0 Å². The van der Waals surface area contributed by atoms with Gasteiger partial charge in [-0.15, -0.1) is 0 Å². The average molecular weight is 317 g/mol. The molecule has 0 saturated heterocycles. The second kappa shape index (κ2) is 4.50. The van der Waals surface area contributed by atoms with Gasteiger partial charge >= 0.3 is 0 Å². The van der Waals surface area contributed by atoms with E-state index in [1.807, 2.05) is 6.20 Å². The highest BCUT2D eigenvalue weighted by Crippen LogP contribution is 2.68. The van der Waals surface area contributed by atoms with Gasteiger partial charge < -0.3 is 0 Å². The molecule has 0 unspecified atom stereocenters. The monoisotopic (exact) mass is 317 g/mol. The van der Waals surface area contributed by atoms with Crippen molar-refractivity contribution in [1.82, 2.24) is 4.98 Å². The molecular formula is C23H27N. The Kier molecular flexibility index (Phi) is 2.76. The van der Waals surface area contributed by atoms with Crippen LogP contribution in [0, 0.1) is 0 Å². The Balaban J connectivity index is 1.87. The van der Waals surface area contributed by atoms with Gasteiger partial charge in [0.1, 0.15) is 0 Å². The van der Waals surface area contributed by atoms with E-state index >= 15 is 0 Å². The molecule has 3 aliphatic rings. The van der Waals surface area contributed by atoms with Crippen molar-refractivity contribution in [1.29, 1.82) is 0 Å². The highest BCUT2D eigenvalue weighted by molar-refractivity contribution is 5.76. The van der Waals surface area contributed by atoms with E-state index in [9.17, 15) is 0 Å². The molecule has 2 fully saturated rings. The lowest BCUT2D eigenvalue weighted by atomic mass is 9.56. The number of hydrogen-bond acceptors (Lipinski definition) is 1. The molecular weight excluding hydrogens is 290 g/mol. The van der Waals surface area contributed by atoms with Crippen molar-refractivity contribution in [3.8, 4) is 11.3 Å². The fourth-order valence-electron chi connectivity index (χ4n) is 6.26. The summed E-state index contributed by atoms with van der Waals surface area (Å²) < 4.78 is 0. The maximum atomic E-state index is 4.86. The highest BCUT2D eigenvalue weighted by atomic mass is 14.7. The maximum absolute atomic E-state index is 4.86. The van der Waals surface area contributed by atoms with E-state index in [0.29, 0.717) is 10.8 Å². The van der Waals surface area contributed by atoms with Crippen LogP contribution in [0.4, 0.5) is 0 Å². The number of benzene rings is 1. The standard InChI is InChI=1S/C23H27N/c1-21(2,3)16-8-9-17-19(15-16)23-12-5-10-22(23,11-6-13-23)18-7-4-14-24-20(17)18/h4,7-9,14-15H,5-6,10-13H2,1-3H3. The number of fused-ring (bicyclic) bond motifs is 3. The smallest absolute Gasteiger partial charge is 0.0742 e. The van der Waals surface area contributed by atoms with Crippen LogP contribution in [0.25, 0.3) is 11.3 Å². The van der Waals surface area contributed by atoms with Gasteiger partial charge in [0.25, 0.3) is 0 Å². The van der Waals surface area contributed by atoms with E-state index in [4.69, 9.17) is 4.98 Å². The molecule has 0 radical (unpaired) electrons. The number of nitrogens with zero attached hydrogens (tertiary/aromatic N) is 1. The van der Waals surface area contributed by atoms with Gasteiger partial charge in [0.15, 0.2) is 0 Å². The van der Waals surface area contributed by atoms with E-state index in [1.165, 1.54) is 55.3 Å². The Hall–Kier alpha value is -1.63. The van der Waals surface area contributed by atoms with Gasteiger partial charge in [0.2, 0.25) is 0 Å². The van der Waals surface area contributed by atoms with Crippen molar-refractivity contribution in [2.75, 3.05) is 0 Å². The predicted molar refractivity (Wildman–Crippen MR) is 99.4 cm³/mol. The zero-order chi connectivity index (χ0) is 16.6. The SMILES string of the molecule is CC(C)(C)c1ccc2c(c1)C13CCCC1(CCC3)c1cccnc1-2. The summed E-state index contributed by atoms with van der Waals surface area (Å²) in [6.07, 6.45) is 10.1. The van der Waals surface area contributed by atoms with E-state index in [0.717, 1.165) is 0 Å². The maximum Gasteiger partial charge on any atom is 0.0742 e. The first-order valence-corrected chi connectivity index (χ1v) is 9.59. The van der Waals surface area contributed by atoms with Crippen molar-refractivity contribution in [3.63, 3.8) is 0 Å². The average Bonchev–Trinajstić information content (AvgIpc) is 3.11. The van der Waals surface area contributed by atoms with Crippen molar-refractivity contribution in [3.05, 3.63) is 53.2 Å². The van der Waals surface area contributed by atoms with E-state index in [2.05, 4.69) is 51.1 Å². The van der Waals surface area contributed by atoms with Gasteiger partial charge in [-0.2, -0.15) is 0 Å². The topological polar surface area (TPSA) is 12.9 Å². The Labute approximate surface area is 145 Å². The number of rotatable bonds is 0. The third kappa shape index (κ3) is 1.59. The van der Waals surface area contributed by atoms with Crippen molar-refractivity contribution >= 4 is 0 Å². The van der Waals surface area contributed by atoms with Gasteiger partial charge in [-0.1, -0.05) is 57.9 Å². The zero-order valence-electron chi connectivity index (χ0n) is 15.2. The normalized spacial score (nSPS) is 30.5. The van der Waals surface area contributed by atoms with Gasteiger partial charge in [-0.3, -0.25) is 4.98 Å². The van der Waals surface area contributed by atoms with Gasteiger partial charge in [-0.05, 0) is 53.9 Å². The summed E-state index contributed by atoms with van der Waals surface area (Å²) in [5.41, 5.74) is 8.27. The lowest BCUT2D eigenvalue weighted by Crippen LogP contribution is -2.44. The van der Waals surface area contributed by atoms with Gasteiger partial charge in [0.05, 0.1) is 5.69 Å². The third-order valence-corrected chi connectivity index (χ3v) is 7.31. The third-order valence-electron chi connectivity index (χ3n) is 7.31. The van der Waals surface area contributed by atoms with Crippen LogP contribution in [0.15, 0.2) is 36.5 Å². The first-order valence-electron chi connectivity index (χ1n) is 9.59. The molecule has 1 heterocycles. The summed E-state index contributed by atoms with van der Waals surface area (Å²) in [6.45, 7) is 6.99. The molecule has 1 aromatic heterocycles. The molecule has 0 bridgehead atoms. The van der Waals surface area contributed by atoms with Gasteiger partial charge in [0, 0.05) is 22.6 Å². The summed E-state index contributed by atoms with van der Waals surface area (Å²) in [7, 11) is 0. The van der Waals surface area contributed by atoms with Crippen LogP contribution in [0.2, 0.25) is 0 Å². The van der Waals surface area contributed by atoms with Crippen LogP contribution < -0.4 is 0 Å². The van der Waals surface area contributed by atoms with Crippen LogP contribution in [-0.4, -0.2) is 4.98 Å². The fourth-order valence-corrected chi connectivity index (χ4v) is 6.26. The Morgan fingerprint density at radius 1 is 0.875 bits per heavy atom. The Morgan fingerprint density at radius 2 is 1.54 bits per heavy atom. The number of hydrogen-bond donors (Lipinski definition) is 0. The lowest BCUT2D eigenvalue weighted by molar-refractivity contribution is 0.297. The molecule has 3 aliphatic carbocycles. The van der Waals surface area contributed by atoms with Crippen LogP contribution in [0.1, 0.15) is 76.0 Å². The first-order chi connectivity index (χ1) is 11.5. The van der Waals surface area contributed by atoms with E-state index in [-0.39, 0.29) is 5.41 Å². The van der Waals surface area contributed by atoms with Crippen LogP contribution in [-0.2, 0) is 16.2 Å². The molecule has 0 N–H and O–H groups in total.